The Bertz CT molecular complexity index is 1280. The summed E-state index contributed by atoms with van der Waals surface area (Å²) in [6.45, 7) is 6.29. The number of rotatable bonds is 38. The molecule has 15 nitrogen and oxygen atoms in total. The van der Waals surface area contributed by atoms with Crippen LogP contribution in [-0.2, 0) is 52.4 Å². The van der Waals surface area contributed by atoms with E-state index in [4.69, 9.17) is 28.4 Å². The summed E-state index contributed by atoms with van der Waals surface area (Å²) in [6.07, 6.45) is 19.8. The number of unbranched alkanes of at least 4 members (excludes halogenated alkanes) is 15. The summed E-state index contributed by atoms with van der Waals surface area (Å²) >= 11 is 0. The van der Waals surface area contributed by atoms with Crippen LogP contribution in [0.5, 0.6) is 0 Å². The lowest BCUT2D eigenvalue weighted by atomic mass is 10.1. The Labute approximate surface area is 385 Å². The van der Waals surface area contributed by atoms with Gasteiger partial charge < -0.3 is 43.3 Å². The highest BCUT2D eigenvalue weighted by Gasteiger charge is 2.30. The van der Waals surface area contributed by atoms with Gasteiger partial charge in [0, 0.05) is 44.2 Å². The number of carbonyl (C=O) groups is 6. The van der Waals surface area contributed by atoms with Gasteiger partial charge in [0.1, 0.15) is 12.2 Å². The summed E-state index contributed by atoms with van der Waals surface area (Å²) in [5.74, 6) is -3.82. The Morgan fingerprint density at radius 1 is 0.531 bits per heavy atom. The van der Waals surface area contributed by atoms with Crippen molar-refractivity contribution in [2.45, 2.75) is 187 Å². The van der Waals surface area contributed by atoms with E-state index in [0.29, 0.717) is 25.8 Å². The number of aliphatic hydroxyl groups excluding tert-OH is 1. The number of carbonyl (C=O) groups excluding carboxylic acids is 6. The molecule has 1 unspecified atom stereocenters. The second-order valence-corrected chi connectivity index (χ2v) is 17.5. The summed E-state index contributed by atoms with van der Waals surface area (Å²) in [4.78, 5) is 80.7. The molecule has 0 spiro atoms. The Morgan fingerprint density at radius 3 is 1.30 bits per heavy atom. The van der Waals surface area contributed by atoms with Gasteiger partial charge in [-0.05, 0) is 51.9 Å². The molecule has 0 aliphatic carbocycles. The number of nitrogens with zero attached hydrogens (tertiary/aromatic N) is 2. The van der Waals surface area contributed by atoms with Gasteiger partial charge in [0.25, 0.3) is 0 Å². The number of aliphatic hydroxyl groups is 1. The molecule has 64 heavy (non-hydrogen) atoms. The summed E-state index contributed by atoms with van der Waals surface area (Å²) < 4.78 is 33.5. The maximum absolute atomic E-state index is 13.5. The van der Waals surface area contributed by atoms with Crippen LogP contribution < -0.4 is 0 Å². The standard InChI is InChI=1S/C49H86N2O13/c1-6-9-12-15-18-21-25-44(53)60-37-40(36-52)32-47(56)63-42-28-29-43(35-51(34-42)49(58)59-31-24-30-50(4)5)64-48(57)33-41(38-61-45(54)26-22-19-16-13-10-7-2)39-62-46(55)27-23-20-17-14-11-8-3/h28-29,40-43,52H,6-27,30-39H2,1-5H3/t40?,42-,43-/m1/s1. The number of ether oxygens (including phenoxy) is 6. The van der Waals surface area contributed by atoms with Gasteiger partial charge in [0.2, 0.25) is 0 Å². The van der Waals surface area contributed by atoms with Crippen LogP contribution in [0.1, 0.15) is 175 Å². The van der Waals surface area contributed by atoms with Crippen LogP contribution in [0.3, 0.4) is 0 Å². The van der Waals surface area contributed by atoms with Crippen molar-refractivity contribution in [1.82, 2.24) is 9.80 Å². The highest BCUT2D eigenvalue weighted by Crippen LogP contribution is 2.18. The zero-order valence-electron chi connectivity index (χ0n) is 40.3. The fraction of sp³-hybridized carbons (Fsp3) is 0.837. The molecule has 1 amide bonds. The van der Waals surface area contributed by atoms with E-state index in [1.54, 1.807) is 6.08 Å². The number of hydrogen-bond donors (Lipinski definition) is 1. The van der Waals surface area contributed by atoms with Gasteiger partial charge in [-0.1, -0.05) is 117 Å². The molecule has 0 saturated heterocycles. The summed E-state index contributed by atoms with van der Waals surface area (Å²) in [7, 11) is 3.82. The van der Waals surface area contributed by atoms with Crippen molar-refractivity contribution >= 4 is 35.9 Å². The number of esters is 5. The van der Waals surface area contributed by atoms with E-state index in [9.17, 15) is 33.9 Å². The van der Waals surface area contributed by atoms with Crippen molar-refractivity contribution in [3.8, 4) is 0 Å². The highest BCUT2D eigenvalue weighted by molar-refractivity contribution is 5.73. The summed E-state index contributed by atoms with van der Waals surface area (Å²) in [5.41, 5.74) is 0. The van der Waals surface area contributed by atoms with E-state index in [2.05, 4.69) is 20.8 Å². The van der Waals surface area contributed by atoms with Crippen LogP contribution in [-0.4, -0.2) is 130 Å². The largest absolute Gasteiger partial charge is 0.465 e. The molecule has 1 rings (SSSR count). The van der Waals surface area contributed by atoms with Crippen molar-refractivity contribution in [3.05, 3.63) is 12.2 Å². The third-order valence-corrected chi connectivity index (χ3v) is 11.0. The third kappa shape index (κ3) is 32.0. The first kappa shape index (κ1) is 58.3. The van der Waals surface area contributed by atoms with Gasteiger partial charge in [0.05, 0.1) is 52.4 Å². The van der Waals surface area contributed by atoms with E-state index in [-0.39, 0.29) is 89.5 Å². The topological polar surface area (TPSA) is 185 Å². The van der Waals surface area contributed by atoms with Gasteiger partial charge in [-0.15, -0.1) is 0 Å². The minimum atomic E-state index is -0.951. The van der Waals surface area contributed by atoms with Crippen LogP contribution in [0.25, 0.3) is 0 Å². The molecule has 1 N–H and O–H groups in total. The smallest absolute Gasteiger partial charge is 0.410 e. The molecule has 0 saturated carbocycles. The first-order valence-electron chi connectivity index (χ1n) is 24.6. The van der Waals surface area contributed by atoms with Gasteiger partial charge >= 0.3 is 35.9 Å². The predicted octanol–water partition coefficient (Wildman–Crippen LogP) is 8.66. The highest BCUT2D eigenvalue weighted by atomic mass is 16.6. The van der Waals surface area contributed by atoms with Crippen LogP contribution >= 0.6 is 0 Å². The van der Waals surface area contributed by atoms with Gasteiger partial charge in [0.15, 0.2) is 0 Å². The zero-order valence-corrected chi connectivity index (χ0v) is 40.3. The van der Waals surface area contributed by atoms with Gasteiger partial charge in [-0.3, -0.25) is 24.0 Å². The maximum atomic E-state index is 13.5. The van der Waals surface area contributed by atoms with Crippen LogP contribution in [0.4, 0.5) is 4.79 Å². The fourth-order valence-electron chi connectivity index (χ4n) is 7.06. The fourth-order valence-corrected chi connectivity index (χ4v) is 7.06. The van der Waals surface area contributed by atoms with Crippen molar-refractivity contribution < 1.29 is 62.3 Å². The van der Waals surface area contributed by atoms with E-state index in [0.717, 1.165) is 96.3 Å². The van der Waals surface area contributed by atoms with E-state index in [1.165, 1.54) is 17.4 Å². The average molecular weight is 911 g/mol. The first-order valence-corrected chi connectivity index (χ1v) is 24.6. The molecule has 15 heteroatoms. The second-order valence-electron chi connectivity index (χ2n) is 17.5. The second kappa shape index (κ2) is 38.5. The van der Waals surface area contributed by atoms with Crippen LogP contribution in [0.15, 0.2) is 12.2 Å². The van der Waals surface area contributed by atoms with Gasteiger partial charge in [-0.2, -0.15) is 0 Å². The normalized spacial score (nSPS) is 15.4. The lowest BCUT2D eigenvalue weighted by Gasteiger charge is -2.26. The molecule has 0 aromatic carbocycles. The Morgan fingerprint density at radius 2 is 0.906 bits per heavy atom. The molecule has 370 valence electrons. The molecule has 1 aliphatic heterocycles. The number of hydrogen-bond acceptors (Lipinski definition) is 14. The monoisotopic (exact) mass is 911 g/mol. The summed E-state index contributed by atoms with van der Waals surface area (Å²) in [6, 6.07) is 0. The van der Waals surface area contributed by atoms with Crippen LogP contribution in [0.2, 0.25) is 0 Å². The van der Waals surface area contributed by atoms with Gasteiger partial charge in [-0.25, -0.2) is 4.79 Å². The number of amides is 1. The zero-order chi connectivity index (χ0) is 47.2. The van der Waals surface area contributed by atoms with Crippen molar-refractivity contribution in [1.29, 1.82) is 0 Å². The predicted molar refractivity (Wildman–Crippen MR) is 245 cm³/mol. The van der Waals surface area contributed by atoms with E-state index in [1.807, 2.05) is 19.0 Å². The molecule has 1 heterocycles. The minimum Gasteiger partial charge on any atom is -0.465 e. The molecule has 1 aliphatic rings. The Hall–Kier alpha value is -3.72. The molecule has 0 radical (unpaired) electrons. The molecular formula is C49H86N2O13. The Kier molecular flexibility index (Phi) is 35.1. The minimum absolute atomic E-state index is 0.0917. The van der Waals surface area contributed by atoms with E-state index < -0.39 is 48.7 Å². The van der Waals surface area contributed by atoms with E-state index >= 15 is 0 Å². The molecule has 3 atom stereocenters. The quantitative estimate of drug-likeness (QED) is 0.0269. The lowest BCUT2D eigenvalue weighted by Crippen LogP contribution is -2.42. The summed E-state index contributed by atoms with van der Waals surface area (Å²) in [5, 5.41) is 9.94. The third-order valence-electron chi connectivity index (χ3n) is 11.0. The Balaban J connectivity index is 2.96. The molecule has 0 aromatic rings. The average Bonchev–Trinajstić information content (AvgIpc) is 3.46. The van der Waals surface area contributed by atoms with Crippen molar-refractivity contribution in [2.24, 2.45) is 11.8 Å². The first-order chi connectivity index (χ1) is 30.9. The molecule has 0 aromatic heterocycles. The lowest BCUT2D eigenvalue weighted by molar-refractivity contribution is -0.156. The maximum Gasteiger partial charge on any atom is 0.410 e. The molecule has 0 fully saturated rings. The molecule has 0 bridgehead atoms. The van der Waals surface area contributed by atoms with Crippen LogP contribution in [0, 0.1) is 11.8 Å². The van der Waals surface area contributed by atoms with Crippen molar-refractivity contribution in [3.63, 3.8) is 0 Å². The SMILES string of the molecule is CCCCCCCCC(=O)OCC(CO)CC(=O)O[C@@H]1C=C[C@@H](OC(=O)CC(COC(=O)CCCCCCCC)COC(=O)CCCCCCCC)CN(C(=O)OCCCN(C)C)C1. The molecular weight excluding hydrogens is 825 g/mol. The van der Waals surface area contributed by atoms with Crippen molar-refractivity contribution in [2.75, 3.05) is 66.8 Å².